The molecule has 1 unspecified atom stereocenters. The first-order chi connectivity index (χ1) is 10.7. The fourth-order valence-corrected chi connectivity index (χ4v) is 3.09. The zero-order chi connectivity index (χ0) is 15.5. The van der Waals surface area contributed by atoms with E-state index in [4.69, 9.17) is 16.6 Å². The highest BCUT2D eigenvalue weighted by Gasteiger charge is 2.16. The maximum Gasteiger partial charge on any atom is 0.144 e. The van der Waals surface area contributed by atoms with Gasteiger partial charge in [-0.15, -0.1) is 0 Å². The summed E-state index contributed by atoms with van der Waals surface area (Å²) >= 11 is 6.05. The van der Waals surface area contributed by atoms with Crippen LogP contribution >= 0.6 is 11.6 Å². The summed E-state index contributed by atoms with van der Waals surface area (Å²) in [6.45, 7) is 2.05. The number of rotatable bonds is 3. The van der Waals surface area contributed by atoms with Gasteiger partial charge < -0.3 is 5.32 Å². The Balaban J connectivity index is 1.90. The molecule has 1 N–H and O–H groups in total. The van der Waals surface area contributed by atoms with Gasteiger partial charge in [0.05, 0.1) is 11.6 Å². The molecule has 0 aliphatic heterocycles. The van der Waals surface area contributed by atoms with E-state index in [1.165, 1.54) is 18.4 Å². The molecule has 1 aromatic heterocycles. The van der Waals surface area contributed by atoms with Crippen molar-refractivity contribution in [1.82, 2.24) is 4.98 Å². The van der Waals surface area contributed by atoms with Gasteiger partial charge in [0.15, 0.2) is 0 Å². The lowest BCUT2D eigenvalue weighted by atomic mass is 9.95. The van der Waals surface area contributed by atoms with E-state index in [1.807, 2.05) is 37.3 Å². The Labute approximate surface area is 136 Å². The molecular formula is C18H18ClN3. The summed E-state index contributed by atoms with van der Waals surface area (Å²) in [6.07, 6.45) is 4.39. The maximum absolute atomic E-state index is 9.40. The molecule has 0 spiro atoms. The van der Waals surface area contributed by atoms with Crippen molar-refractivity contribution in [3.05, 3.63) is 57.7 Å². The number of hydrogen-bond donors (Lipinski definition) is 1. The van der Waals surface area contributed by atoms with Gasteiger partial charge >= 0.3 is 0 Å². The van der Waals surface area contributed by atoms with Gasteiger partial charge in [-0.25, -0.2) is 4.98 Å². The Kier molecular flexibility index (Phi) is 4.31. The summed E-state index contributed by atoms with van der Waals surface area (Å²) in [5.74, 6) is 0.677. The van der Waals surface area contributed by atoms with Gasteiger partial charge in [0.25, 0.3) is 0 Å². The second-order valence-corrected chi connectivity index (χ2v) is 6.17. The van der Waals surface area contributed by atoms with Gasteiger partial charge in [-0.1, -0.05) is 23.7 Å². The Morgan fingerprint density at radius 3 is 2.86 bits per heavy atom. The second kappa shape index (κ2) is 6.37. The average Bonchev–Trinajstić information content (AvgIpc) is 2.54. The van der Waals surface area contributed by atoms with Crippen molar-refractivity contribution in [1.29, 1.82) is 5.26 Å². The predicted octanol–water partition coefficient (Wildman–Crippen LogP) is 4.66. The van der Waals surface area contributed by atoms with Crippen LogP contribution in [0.1, 0.15) is 48.2 Å². The van der Waals surface area contributed by atoms with E-state index in [1.54, 1.807) is 0 Å². The summed E-state index contributed by atoms with van der Waals surface area (Å²) in [4.78, 5) is 4.71. The molecule has 1 heterocycles. The summed E-state index contributed by atoms with van der Waals surface area (Å²) in [6, 6.07) is 12.0. The van der Waals surface area contributed by atoms with Gasteiger partial charge in [-0.05, 0) is 61.9 Å². The van der Waals surface area contributed by atoms with Gasteiger partial charge in [-0.3, -0.25) is 0 Å². The lowest BCUT2D eigenvalue weighted by Gasteiger charge is -2.20. The Hall–Kier alpha value is -2.05. The first-order valence-corrected chi connectivity index (χ1v) is 8.00. The summed E-state index contributed by atoms with van der Waals surface area (Å²) in [5.41, 5.74) is 4.06. The van der Waals surface area contributed by atoms with Gasteiger partial charge in [0.1, 0.15) is 11.9 Å². The second-order valence-electron chi connectivity index (χ2n) is 5.73. The van der Waals surface area contributed by atoms with Crippen LogP contribution in [0.15, 0.2) is 30.3 Å². The van der Waals surface area contributed by atoms with Crippen molar-refractivity contribution in [2.24, 2.45) is 0 Å². The van der Waals surface area contributed by atoms with Crippen molar-refractivity contribution >= 4 is 17.4 Å². The fraction of sp³-hybridized carbons (Fsp3) is 0.333. The molecule has 0 bridgehead atoms. The molecule has 22 heavy (non-hydrogen) atoms. The number of nitrogens with one attached hydrogen (secondary N) is 1. The van der Waals surface area contributed by atoms with Crippen LogP contribution < -0.4 is 5.32 Å². The summed E-state index contributed by atoms with van der Waals surface area (Å²) < 4.78 is 0. The molecule has 0 amide bonds. The van der Waals surface area contributed by atoms with Crippen molar-refractivity contribution in [3.63, 3.8) is 0 Å². The van der Waals surface area contributed by atoms with Crippen LogP contribution in [0, 0.1) is 11.3 Å². The van der Waals surface area contributed by atoms with E-state index in [9.17, 15) is 5.26 Å². The molecule has 112 valence electrons. The van der Waals surface area contributed by atoms with Gasteiger partial charge in [-0.2, -0.15) is 5.26 Å². The SMILES string of the molecule is CC(Nc1nc2c(cc1C#N)CCCC2)c1cccc(Cl)c1. The molecule has 1 aliphatic rings. The summed E-state index contributed by atoms with van der Waals surface area (Å²) in [5, 5.41) is 13.5. The zero-order valence-electron chi connectivity index (χ0n) is 12.6. The molecule has 1 aliphatic carbocycles. The largest absolute Gasteiger partial charge is 0.362 e. The molecule has 0 saturated carbocycles. The molecule has 0 radical (unpaired) electrons. The number of nitriles is 1. The minimum Gasteiger partial charge on any atom is -0.362 e. The lowest BCUT2D eigenvalue weighted by Crippen LogP contribution is -2.13. The molecule has 1 atom stereocenters. The van der Waals surface area contributed by atoms with Crippen LogP contribution in [0.2, 0.25) is 5.02 Å². The number of fused-ring (bicyclic) bond motifs is 1. The first-order valence-electron chi connectivity index (χ1n) is 7.62. The van der Waals surface area contributed by atoms with Crippen molar-refractivity contribution in [3.8, 4) is 6.07 Å². The quantitative estimate of drug-likeness (QED) is 0.897. The van der Waals surface area contributed by atoms with E-state index in [0.29, 0.717) is 16.4 Å². The Morgan fingerprint density at radius 2 is 2.09 bits per heavy atom. The normalized spacial score (nSPS) is 14.8. The fourth-order valence-electron chi connectivity index (χ4n) is 2.89. The van der Waals surface area contributed by atoms with Gasteiger partial charge in [0, 0.05) is 10.7 Å². The molecule has 0 fully saturated rings. The third-order valence-electron chi connectivity index (χ3n) is 4.12. The minimum absolute atomic E-state index is 0.0416. The van der Waals surface area contributed by atoms with Crippen molar-refractivity contribution < 1.29 is 0 Å². The lowest BCUT2D eigenvalue weighted by molar-refractivity contribution is 0.667. The number of nitrogens with zero attached hydrogens (tertiary/aromatic N) is 2. The molecule has 2 aromatic rings. The van der Waals surface area contributed by atoms with Gasteiger partial charge in [0.2, 0.25) is 0 Å². The number of halogens is 1. The predicted molar refractivity (Wildman–Crippen MR) is 89.1 cm³/mol. The summed E-state index contributed by atoms with van der Waals surface area (Å²) in [7, 11) is 0. The monoisotopic (exact) mass is 311 g/mol. The van der Waals surface area contributed by atoms with Crippen LogP contribution in [0.25, 0.3) is 0 Å². The van der Waals surface area contributed by atoms with Crippen LogP contribution in [-0.2, 0) is 12.8 Å². The van der Waals surface area contributed by atoms with E-state index in [2.05, 4.69) is 11.4 Å². The van der Waals surface area contributed by atoms with E-state index in [0.717, 1.165) is 24.1 Å². The van der Waals surface area contributed by atoms with Crippen LogP contribution in [0.5, 0.6) is 0 Å². The van der Waals surface area contributed by atoms with E-state index in [-0.39, 0.29) is 6.04 Å². The third kappa shape index (κ3) is 3.08. The number of hydrogen-bond acceptors (Lipinski definition) is 3. The van der Waals surface area contributed by atoms with Crippen molar-refractivity contribution in [2.45, 2.75) is 38.6 Å². The van der Waals surface area contributed by atoms with Crippen molar-refractivity contribution in [2.75, 3.05) is 5.32 Å². The minimum atomic E-state index is 0.0416. The third-order valence-corrected chi connectivity index (χ3v) is 4.36. The number of benzene rings is 1. The molecule has 4 heteroatoms. The van der Waals surface area contributed by atoms with Crippen LogP contribution in [0.3, 0.4) is 0 Å². The highest BCUT2D eigenvalue weighted by Crippen LogP contribution is 2.27. The molecule has 3 nitrogen and oxygen atoms in total. The topological polar surface area (TPSA) is 48.7 Å². The highest BCUT2D eigenvalue weighted by atomic mass is 35.5. The maximum atomic E-state index is 9.40. The first kappa shape index (κ1) is 14.9. The van der Waals surface area contributed by atoms with E-state index < -0.39 is 0 Å². The zero-order valence-corrected chi connectivity index (χ0v) is 13.3. The Bertz CT molecular complexity index is 734. The molecule has 1 aromatic carbocycles. The van der Waals surface area contributed by atoms with E-state index >= 15 is 0 Å². The molecular weight excluding hydrogens is 294 g/mol. The number of aryl methyl sites for hydroxylation is 2. The Morgan fingerprint density at radius 1 is 1.27 bits per heavy atom. The van der Waals surface area contributed by atoms with Crippen LogP contribution in [-0.4, -0.2) is 4.98 Å². The smallest absolute Gasteiger partial charge is 0.144 e. The molecule has 3 rings (SSSR count). The number of pyridine rings is 1. The standard InChI is InChI=1S/C18H18ClN3/c1-12(13-6-4-7-16(19)10-13)21-18-15(11-20)9-14-5-2-3-8-17(14)22-18/h4,6-7,9-10,12H,2-3,5,8H2,1H3,(H,21,22). The number of anilines is 1. The average molecular weight is 312 g/mol. The molecule has 0 saturated heterocycles. The number of aromatic nitrogens is 1. The highest BCUT2D eigenvalue weighted by molar-refractivity contribution is 6.30. The van der Waals surface area contributed by atoms with Crippen LogP contribution in [0.4, 0.5) is 5.82 Å².